The summed E-state index contributed by atoms with van der Waals surface area (Å²) in [5.41, 5.74) is -0.795. The van der Waals surface area contributed by atoms with Crippen LogP contribution in [0.4, 0.5) is 0 Å². The highest BCUT2D eigenvalue weighted by Crippen LogP contribution is 2.37. The topological polar surface area (TPSA) is 59.2 Å². The molecule has 0 aliphatic heterocycles. The van der Waals surface area contributed by atoms with Crippen LogP contribution in [0.25, 0.3) is 0 Å². The Hall–Kier alpha value is -0.900. The second-order valence-electron chi connectivity index (χ2n) is 7.52. The van der Waals surface area contributed by atoms with Gasteiger partial charge in [0.05, 0.1) is 12.0 Å². The fourth-order valence-electron chi connectivity index (χ4n) is 3.29. The lowest BCUT2D eigenvalue weighted by molar-refractivity contribution is -0.0355. The van der Waals surface area contributed by atoms with Crippen LogP contribution in [0.1, 0.15) is 65.6 Å². The minimum Gasteiger partial charge on any atom is -0.389 e. The molecule has 1 aliphatic carbocycles. The quantitative estimate of drug-likeness (QED) is 0.893. The number of hydrogen-bond acceptors (Lipinski definition) is 4. The van der Waals surface area contributed by atoms with Crippen LogP contribution in [0.3, 0.4) is 0 Å². The zero-order valence-electron chi connectivity index (χ0n) is 12.7. The standard InChI is InChI=1S/C15H26N2O2/c1-10-6-11(2)8-15(18,7-10)9-12-16-13(17-19-12)14(3,4)5/h10-11,18H,6-9H2,1-5H3/t10-,11-/m1/s1. The van der Waals surface area contributed by atoms with Crippen molar-refractivity contribution < 1.29 is 9.63 Å². The summed E-state index contributed by atoms with van der Waals surface area (Å²) in [6, 6.07) is 0. The Morgan fingerprint density at radius 2 is 1.84 bits per heavy atom. The van der Waals surface area contributed by atoms with E-state index in [1.807, 2.05) is 0 Å². The fraction of sp³-hybridized carbons (Fsp3) is 0.867. The average Bonchev–Trinajstić information content (AvgIpc) is 2.61. The maximum Gasteiger partial charge on any atom is 0.229 e. The molecule has 1 heterocycles. The molecular formula is C15H26N2O2. The largest absolute Gasteiger partial charge is 0.389 e. The van der Waals surface area contributed by atoms with Crippen molar-refractivity contribution in [1.82, 2.24) is 10.1 Å². The molecule has 0 bridgehead atoms. The van der Waals surface area contributed by atoms with Gasteiger partial charge < -0.3 is 9.63 Å². The van der Waals surface area contributed by atoms with Crippen LogP contribution in [-0.2, 0) is 11.8 Å². The Morgan fingerprint density at radius 1 is 1.26 bits per heavy atom. The van der Waals surface area contributed by atoms with E-state index in [-0.39, 0.29) is 5.41 Å². The van der Waals surface area contributed by atoms with Crippen molar-refractivity contribution in [2.75, 3.05) is 0 Å². The van der Waals surface area contributed by atoms with E-state index in [0.717, 1.165) is 12.8 Å². The summed E-state index contributed by atoms with van der Waals surface area (Å²) in [6.07, 6.45) is 3.32. The molecular weight excluding hydrogens is 240 g/mol. The molecule has 4 nitrogen and oxygen atoms in total. The minimum atomic E-state index is -0.682. The van der Waals surface area contributed by atoms with E-state index in [0.29, 0.717) is 30.0 Å². The molecule has 2 rings (SSSR count). The lowest BCUT2D eigenvalue weighted by atomic mass is 9.72. The fourth-order valence-corrected chi connectivity index (χ4v) is 3.29. The van der Waals surface area contributed by atoms with Crippen molar-refractivity contribution in [1.29, 1.82) is 0 Å². The van der Waals surface area contributed by atoms with Crippen LogP contribution < -0.4 is 0 Å². The van der Waals surface area contributed by atoms with E-state index in [1.165, 1.54) is 6.42 Å². The van der Waals surface area contributed by atoms with Crippen LogP contribution in [0.15, 0.2) is 4.52 Å². The van der Waals surface area contributed by atoms with Gasteiger partial charge in [0.25, 0.3) is 0 Å². The molecule has 1 saturated carbocycles. The number of aromatic nitrogens is 2. The second-order valence-corrected chi connectivity index (χ2v) is 7.52. The number of aliphatic hydroxyl groups is 1. The van der Waals surface area contributed by atoms with Gasteiger partial charge in [-0.2, -0.15) is 4.98 Å². The van der Waals surface area contributed by atoms with E-state index in [1.54, 1.807) is 0 Å². The molecule has 1 fully saturated rings. The van der Waals surface area contributed by atoms with Crippen molar-refractivity contribution in [3.63, 3.8) is 0 Å². The molecule has 0 amide bonds. The maximum atomic E-state index is 10.7. The molecule has 4 heteroatoms. The maximum absolute atomic E-state index is 10.7. The van der Waals surface area contributed by atoms with Gasteiger partial charge in [0.1, 0.15) is 0 Å². The van der Waals surface area contributed by atoms with Gasteiger partial charge in [0.2, 0.25) is 5.89 Å². The summed E-state index contributed by atoms with van der Waals surface area (Å²) in [5, 5.41) is 14.8. The Bertz CT molecular complexity index is 424. The molecule has 1 aromatic rings. The highest BCUT2D eigenvalue weighted by Gasteiger charge is 2.38. The van der Waals surface area contributed by atoms with E-state index < -0.39 is 5.60 Å². The van der Waals surface area contributed by atoms with Crippen molar-refractivity contribution >= 4 is 0 Å². The third kappa shape index (κ3) is 3.56. The van der Waals surface area contributed by atoms with Gasteiger partial charge in [-0.1, -0.05) is 39.8 Å². The highest BCUT2D eigenvalue weighted by molar-refractivity contribution is 5.02. The van der Waals surface area contributed by atoms with Crippen molar-refractivity contribution in [2.24, 2.45) is 11.8 Å². The number of rotatable bonds is 2. The van der Waals surface area contributed by atoms with Crippen molar-refractivity contribution in [2.45, 2.75) is 71.3 Å². The summed E-state index contributed by atoms with van der Waals surface area (Å²) < 4.78 is 5.31. The van der Waals surface area contributed by atoms with Gasteiger partial charge in [-0.15, -0.1) is 0 Å². The van der Waals surface area contributed by atoms with Crippen LogP contribution in [-0.4, -0.2) is 20.8 Å². The molecule has 1 aromatic heterocycles. The highest BCUT2D eigenvalue weighted by atomic mass is 16.5. The van der Waals surface area contributed by atoms with Gasteiger partial charge in [0.15, 0.2) is 5.82 Å². The number of hydrogen-bond donors (Lipinski definition) is 1. The van der Waals surface area contributed by atoms with Crippen LogP contribution in [0, 0.1) is 11.8 Å². The smallest absolute Gasteiger partial charge is 0.229 e. The second kappa shape index (κ2) is 4.89. The monoisotopic (exact) mass is 266 g/mol. The first-order valence-electron chi connectivity index (χ1n) is 7.23. The first-order chi connectivity index (χ1) is 8.68. The molecule has 108 valence electrons. The molecule has 0 aromatic carbocycles. The Morgan fingerprint density at radius 3 is 2.32 bits per heavy atom. The third-order valence-corrected chi connectivity index (χ3v) is 3.88. The van der Waals surface area contributed by atoms with Gasteiger partial charge in [-0.3, -0.25) is 0 Å². The van der Waals surface area contributed by atoms with Crippen LogP contribution >= 0.6 is 0 Å². The molecule has 19 heavy (non-hydrogen) atoms. The Labute approximate surface area is 115 Å². The molecule has 2 atom stereocenters. The van der Waals surface area contributed by atoms with E-state index in [4.69, 9.17) is 4.52 Å². The minimum absolute atomic E-state index is 0.114. The molecule has 1 N–H and O–H groups in total. The summed E-state index contributed by atoms with van der Waals surface area (Å²) >= 11 is 0. The van der Waals surface area contributed by atoms with Crippen molar-refractivity contribution in [3.05, 3.63) is 11.7 Å². The number of nitrogens with zero attached hydrogens (tertiary/aromatic N) is 2. The van der Waals surface area contributed by atoms with Gasteiger partial charge in [0, 0.05) is 5.41 Å². The normalized spacial score (nSPS) is 32.5. The SMILES string of the molecule is C[C@@H]1C[C@@H](C)CC(O)(Cc2nc(C(C)(C)C)no2)C1. The molecule has 0 spiro atoms. The van der Waals surface area contributed by atoms with E-state index in [9.17, 15) is 5.11 Å². The summed E-state index contributed by atoms with van der Waals surface area (Å²) in [6.45, 7) is 10.6. The van der Waals surface area contributed by atoms with Gasteiger partial charge in [-0.25, -0.2) is 0 Å². The Balaban J connectivity index is 2.10. The summed E-state index contributed by atoms with van der Waals surface area (Å²) in [5.74, 6) is 2.38. The predicted molar refractivity (Wildman–Crippen MR) is 73.8 cm³/mol. The van der Waals surface area contributed by atoms with E-state index in [2.05, 4.69) is 44.8 Å². The zero-order chi connectivity index (χ0) is 14.3. The molecule has 0 saturated heterocycles. The molecule has 1 aliphatic rings. The van der Waals surface area contributed by atoms with E-state index >= 15 is 0 Å². The van der Waals surface area contributed by atoms with Gasteiger partial charge in [-0.05, 0) is 31.1 Å². The van der Waals surface area contributed by atoms with Crippen molar-refractivity contribution in [3.8, 4) is 0 Å². The molecule has 0 radical (unpaired) electrons. The zero-order valence-corrected chi connectivity index (χ0v) is 12.7. The summed E-state index contributed by atoms with van der Waals surface area (Å²) in [4.78, 5) is 4.43. The van der Waals surface area contributed by atoms with Crippen LogP contribution in [0.2, 0.25) is 0 Å². The lowest BCUT2D eigenvalue weighted by Gasteiger charge is -2.38. The predicted octanol–water partition coefficient (Wildman–Crippen LogP) is 3.10. The van der Waals surface area contributed by atoms with Gasteiger partial charge >= 0.3 is 0 Å². The first-order valence-corrected chi connectivity index (χ1v) is 7.23. The van der Waals surface area contributed by atoms with Crippen LogP contribution in [0.5, 0.6) is 0 Å². The third-order valence-electron chi connectivity index (χ3n) is 3.88. The average molecular weight is 266 g/mol. The summed E-state index contributed by atoms with van der Waals surface area (Å²) in [7, 11) is 0. The first kappa shape index (κ1) is 14.5. The Kier molecular flexibility index (Phi) is 3.74. The lowest BCUT2D eigenvalue weighted by Crippen LogP contribution is -2.39. The molecule has 0 unspecified atom stereocenters.